The highest BCUT2D eigenvalue weighted by atomic mass is 35.5. The molecule has 3 heterocycles. The van der Waals surface area contributed by atoms with E-state index in [1.165, 1.54) is 9.25 Å². The van der Waals surface area contributed by atoms with Gasteiger partial charge in [0.05, 0.1) is 12.6 Å². The lowest BCUT2D eigenvalue weighted by Gasteiger charge is -2.38. The van der Waals surface area contributed by atoms with E-state index < -0.39 is 59.1 Å². The van der Waals surface area contributed by atoms with Crippen LogP contribution in [0.4, 0.5) is 13.2 Å². The summed E-state index contributed by atoms with van der Waals surface area (Å²) >= 11 is 6.36. The zero-order valence-electron chi connectivity index (χ0n) is 16.4. The molecule has 0 aromatic carbocycles. The molecular weight excluding hydrogens is 427 g/mol. The number of nitrogens with zero attached hydrogens (tertiary/aromatic N) is 3. The summed E-state index contributed by atoms with van der Waals surface area (Å²) in [5, 5.41) is 13.4. The molecule has 2 aliphatic rings. The molecule has 2 aromatic rings. The van der Waals surface area contributed by atoms with Crippen LogP contribution in [-0.2, 0) is 6.54 Å². The van der Waals surface area contributed by atoms with Gasteiger partial charge >= 0.3 is 5.97 Å². The van der Waals surface area contributed by atoms with Crippen molar-refractivity contribution in [1.82, 2.24) is 14.3 Å². The first-order valence-electron chi connectivity index (χ1n) is 9.29. The number of pyridine rings is 1. The van der Waals surface area contributed by atoms with E-state index >= 15 is 4.39 Å². The Balaban J connectivity index is 1.88. The summed E-state index contributed by atoms with van der Waals surface area (Å²) in [6.07, 6.45) is -0.599. The van der Waals surface area contributed by atoms with Crippen LogP contribution < -0.4 is 10.2 Å². The smallest absolute Gasteiger partial charge is 0.341 e. The number of rotatable bonds is 3. The Labute approximate surface area is 174 Å². The molecule has 1 aliphatic carbocycles. The third-order valence-corrected chi connectivity index (χ3v) is 5.85. The lowest BCUT2D eigenvalue weighted by Crippen LogP contribution is -2.43. The summed E-state index contributed by atoms with van der Waals surface area (Å²) in [6, 6.07) is -0.468. The van der Waals surface area contributed by atoms with E-state index in [0.29, 0.717) is 0 Å². The van der Waals surface area contributed by atoms with Crippen LogP contribution in [0.25, 0.3) is 11.4 Å². The van der Waals surface area contributed by atoms with Crippen molar-refractivity contribution < 1.29 is 27.8 Å². The molecule has 30 heavy (non-hydrogen) atoms. The van der Waals surface area contributed by atoms with Crippen LogP contribution in [0.2, 0.25) is 5.02 Å². The lowest BCUT2D eigenvalue weighted by molar-refractivity contribution is -0.135. The van der Waals surface area contributed by atoms with Gasteiger partial charge in [0.2, 0.25) is 5.43 Å². The average molecular weight is 446 g/mol. The van der Waals surface area contributed by atoms with Crippen molar-refractivity contribution in [2.45, 2.75) is 58.2 Å². The highest BCUT2D eigenvalue weighted by Crippen LogP contribution is 2.46. The zero-order valence-corrected chi connectivity index (χ0v) is 17.1. The molecule has 1 atom stereocenters. The molecule has 1 N–H and O–H groups in total. The maximum Gasteiger partial charge on any atom is 0.341 e. The fourth-order valence-electron chi connectivity index (χ4n) is 3.87. The van der Waals surface area contributed by atoms with Gasteiger partial charge in [-0.15, -0.1) is 5.10 Å². The van der Waals surface area contributed by atoms with E-state index in [1.807, 2.05) is 20.8 Å². The highest BCUT2D eigenvalue weighted by Gasteiger charge is 2.48. The van der Waals surface area contributed by atoms with Gasteiger partial charge in [0, 0.05) is 19.0 Å². The van der Waals surface area contributed by atoms with Crippen molar-refractivity contribution in [3.63, 3.8) is 0 Å². The monoisotopic (exact) mass is 445 g/mol. The number of carboxylic acid groups (broad SMARTS) is 1. The Bertz CT molecular complexity index is 1110. The summed E-state index contributed by atoms with van der Waals surface area (Å²) in [7, 11) is 0. The summed E-state index contributed by atoms with van der Waals surface area (Å²) in [6.45, 7) is 5.82. The SMILES string of the molecule is CC(C)(C)[C@@H]1Cn2nc(OC3CC(F)(F)C3)c(Cl)c2-c2c(F)c(=O)c(C(=O)O)cn21. The van der Waals surface area contributed by atoms with Crippen LogP contribution in [-0.4, -0.2) is 37.4 Å². The van der Waals surface area contributed by atoms with E-state index in [-0.39, 0.29) is 28.8 Å². The molecule has 162 valence electrons. The van der Waals surface area contributed by atoms with E-state index in [1.54, 1.807) is 0 Å². The topological polar surface area (TPSA) is 86.3 Å². The van der Waals surface area contributed by atoms with Crippen molar-refractivity contribution in [2.75, 3.05) is 0 Å². The largest absolute Gasteiger partial charge is 0.477 e. The van der Waals surface area contributed by atoms with Crippen LogP contribution in [0.15, 0.2) is 11.0 Å². The van der Waals surface area contributed by atoms with Crippen molar-refractivity contribution in [1.29, 1.82) is 0 Å². The van der Waals surface area contributed by atoms with E-state index in [2.05, 4.69) is 5.10 Å². The van der Waals surface area contributed by atoms with E-state index in [9.17, 15) is 23.5 Å². The number of carboxylic acids is 1. The van der Waals surface area contributed by atoms with Crippen molar-refractivity contribution in [3.05, 3.63) is 32.8 Å². The van der Waals surface area contributed by atoms with Gasteiger partial charge < -0.3 is 14.4 Å². The molecule has 0 saturated heterocycles. The second-order valence-electron chi connectivity index (χ2n) is 8.78. The number of aromatic nitrogens is 3. The number of hydrogen-bond acceptors (Lipinski definition) is 4. The van der Waals surface area contributed by atoms with Gasteiger partial charge in [-0.05, 0) is 5.41 Å². The van der Waals surface area contributed by atoms with Crippen LogP contribution in [0.5, 0.6) is 5.88 Å². The molecule has 2 aromatic heterocycles. The minimum absolute atomic E-state index is 0.0461. The van der Waals surface area contributed by atoms with Gasteiger partial charge in [-0.2, -0.15) is 0 Å². The molecule has 0 unspecified atom stereocenters. The summed E-state index contributed by atoms with van der Waals surface area (Å²) < 4.78 is 49.6. The first-order chi connectivity index (χ1) is 13.8. The number of halogens is 4. The summed E-state index contributed by atoms with van der Waals surface area (Å²) in [5.74, 6) is -5.73. The molecule has 0 spiro atoms. The third-order valence-electron chi connectivity index (χ3n) is 5.51. The highest BCUT2D eigenvalue weighted by molar-refractivity contribution is 6.34. The Hall–Kier alpha value is -2.49. The molecule has 1 saturated carbocycles. The minimum Gasteiger partial charge on any atom is -0.477 e. The second-order valence-corrected chi connectivity index (χ2v) is 9.16. The predicted molar refractivity (Wildman–Crippen MR) is 101 cm³/mol. The summed E-state index contributed by atoms with van der Waals surface area (Å²) in [4.78, 5) is 23.8. The van der Waals surface area contributed by atoms with Gasteiger partial charge in [0.1, 0.15) is 28.1 Å². The number of ether oxygens (including phenoxy) is 1. The standard InChI is InChI=1S/C19H19ClF3N3O4/c1-18(2,3)10-7-26-13(11(20)16(24-26)30-8-4-19(22,23)5-8)14-12(21)15(27)9(17(28)29)6-25(10)14/h6,8,10H,4-5,7H2,1-3H3,(H,28,29)/t10-/m0/s1. The van der Waals surface area contributed by atoms with E-state index in [0.717, 1.165) is 6.20 Å². The maximum atomic E-state index is 15.1. The first kappa shape index (κ1) is 20.8. The average Bonchev–Trinajstić information content (AvgIpc) is 2.90. The van der Waals surface area contributed by atoms with Gasteiger partial charge in [0.25, 0.3) is 11.8 Å². The Kier molecular flexibility index (Phi) is 4.50. The molecule has 0 bridgehead atoms. The van der Waals surface area contributed by atoms with Crippen molar-refractivity contribution >= 4 is 17.6 Å². The number of fused-ring (bicyclic) bond motifs is 3. The fourth-order valence-corrected chi connectivity index (χ4v) is 4.14. The van der Waals surface area contributed by atoms with Gasteiger partial charge in [-0.1, -0.05) is 32.4 Å². The fraction of sp³-hybridized carbons (Fsp3) is 0.526. The Morgan fingerprint density at radius 2 is 1.97 bits per heavy atom. The molecule has 1 fully saturated rings. The molecule has 0 amide bonds. The normalized spacial score (nSPS) is 20.3. The van der Waals surface area contributed by atoms with Gasteiger partial charge in [0.15, 0.2) is 5.82 Å². The van der Waals surface area contributed by atoms with E-state index in [4.69, 9.17) is 16.3 Å². The van der Waals surface area contributed by atoms with Crippen LogP contribution in [0.3, 0.4) is 0 Å². The lowest BCUT2D eigenvalue weighted by atomic mass is 9.85. The number of aromatic carboxylic acids is 1. The Morgan fingerprint density at radius 3 is 2.50 bits per heavy atom. The van der Waals surface area contributed by atoms with Crippen LogP contribution >= 0.6 is 11.6 Å². The van der Waals surface area contributed by atoms with Crippen molar-refractivity contribution in [2.24, 2.45) is 5.41 Å². The molecule has 4 rings (SSSR count). The van der Waals surface area contributed by atoms with Gasteiger partial charge in [-0.3, -0.25) is 9.48 Å². The maximum absolute atomic E-state index is 15.1. The quantitative estimate of drug-likeness (QED) is 0.772. The van der Waals surface area contributed by atoms with Crippen LogP contribution in [0.1, 0.15) is 50.0 Å². The third kappa shape index (κ3) is 3.17. The number of alkyl halides is 2. The zero-order chi connectivity index (χ0) is 22.2. The van der Waals surface area contributed by atoms with Crippen molar-refractivity contribution in [3.8, 4) is 17.3 Å². The Morgan fingerprint density at radius 1 is 1.33 bits per heavy atom. The predicted octanol–water partition coefficient (Wildman–Crippen LogP) is 3.98. The first-order valence-corrected chi connectivity index (χ1v) is 9.67. The molecule has 0 radical (unpaired) electrons. The molecule has 7 nitrogen and oxygen atoms in total. The molecule has 11 heteroatoms. The van der Waals surface area contributed by atoms with Gasteiger partial charge in [-0.25, -0.2) is 18.0 Å². The minimum atomic E-state index is -2.80. The number of carbonyl (C=O) groups is 1. The second kappa shape index (κ2) is 6.50. The number of hydrogen-bond donors (Lipinski definition) is 1. The summed E-state index contributed by atoms with van der Waals surface area (Å²) in [5.41, 5.74) is -2.60. The van der Waals surface area contributed by atoms with Crippen LogP contribution in [0, 0.1) is 11.2 Å². The molecule has 1 aliphatic heterocycles. The molecular formula is C19H19ClF3N3O4.